The normalized spacial score (nSPS) is 11.0. The van der Waals surface area contributed by atoms with Crippen molar-refractivity contribution in [3.63, 3.8) is 0 Å². The Hall–Kier alpha value is -3.08. The Morgan fingerprint density at radius 3 is 1.91 bits per heavy atom. The molecule has 23 heavy (non-hydrogen) atoms. The summed E-state index contributed by atoms with van der Waals surface area (Å²) in [4.78, 5) is 9.00. The second-order valence-electron chi connectivity index (χ2n) is 4.96. The maximum Gasteiger partial charge on any atom is 0.235 e. The molecule has 0 fully saturated rings. The number of rotatable bonds is 4. The number of oxazole rings is 2. The number of hydrogen-bond acceptors (Lipinski definition) is 5. The zero-order valence-corrected chi connectivity index (χ0v) is 12.5. The second-order valence-corrected chi connectivity index (χ2v) is 4.96. The summed E-state index contributed by atoms with van der Waals surface area (Å²) in [5.74, 6) is 0.845. The van der Waals surface area contributed by atoms with Crippen LogP contribution >= 0.6 is 0 Å². The van der Waals surface area contributed by atoms with Gasteiger partial charge >= 0.3 is 0 Å². The predicted molar refractivity (Wildman–Crippen MR) is 86.7 cm³/mol. The highest BCUT2D eigenvalue weighted by atomic mass is 16.5. The highest BCUT2D eigenvalue weighted by molar-refractivity contribution is 5.81. The van der Waals surface area contributed by atoms with Crippen molar-refractivity contribution in [2.45, 2.75) is 6.92 Å². The Labute approximate surface area is 132 Å². The van der Waals surface area contributed by atoms with E-state index >= 15 is 0 Å². The summed E-state index contributed by atoms with van der Waals surface area (Å²) in [6.45, 7) is 2.44. The number of benzene rings is 2. The van der Waals surface area contributed by atoms with E-state index in [1.54, 1.807) is 6.26 Å². The lowest BCUT2D eigenvalue weighted by molar-refractivity contribution is 0.269. The van der Waals surface area contributed by atoms with Gasteiger partial charge in [-0.2, -0.15) is 0 Å². The Balaban J connectivity index is 1.86. The highest BCUT2D eigenvalue weighted by Gasteiger charge is 2.19. The molecule has 0 atom stereocenters. The van der Waals surface area contributed by atoms with Gasteiger partial charge in [0.05, 0.1) is 6.61 Å². The number of fused-ring (bicyclic) bond motifs is 2. The highest BCUT2D eigenvalue weighted by Crippen LogP contribution is 2.28. The summed E-state index contributed by atoms with van der Waals surface area (Å²) in [6, 6.07) is 15.2. The van der Waals surface area contributed by atoms with Crippen LogP contribution in [-0.4, -0.2) is 16.6 Å². The van der Waals surface area contributed by atoms with Crippen LogP contribution in [0.5, 0.6) is 0 Å². The van der Waals surface area contributed by atoms with E-state index in [4.69, 9.17) is 13.6 Å². The number of hydrogen-bond donors (Lipinski definition) is 0. The van der Waals surface area contributed by atoms with Gasteiger partial charge in [-0.1, -0.05) is 24.3 Å². The number of para-hydroxylation sites is 4. The first kappa shape index (κ1) is 13.6. The number of aromatic nitrogens is 2. The summed E-state index contributed by atoms with van der Waals surface area (Å²) in [6.07, 6.45) is 1.58. The molecule has 2 heterocycles. The van der Waals surface area contributed by atoms with Gasteiger partial charge in [0.2, 0.25) is 11.8 Å². The molecule has 0 aliphatic heterocycles. The first-order valence-electron chi connectivity index (χ1n) is 7.39. The third-order valence-corrected chi connectivity index (χ3v) is 3.42. The van der Waals surface area contributed by atoms with Crippen molar-refractivity contribution < 1.29 is 13.6 Å². The smallest absolute Gasteiger partial charge is 0.235 e. The Bertz CT molecular complexity index is 856. The van der Waals surface area contributed by atoms with Crippen LogP contribution in [0.4, 0.5) is 0 Å². The van der Waals surface area contributed by atoms with Crippen molar-refractivity contribution in [1.29, 1.82) is 0 Å². The summed E-state index contributed by atoms with van der Waals surface area (Å²) in [5, 5.41) is 0. The van der Waals surface area contributed by atoms with Crippen LogP contribution in [-0.2, 0) is 4.74 Å². The molecule has 4 aromatic rings. The fourth-order valence-corrected chi connectivity index (χ4v) is 2.33. The predicted octanol–water partition coefficient (Wildman–Crippen LogP) is 4.39. The summed E-state index contributed by atoms with van der Waals surface area (Å²) >= 11 is 0. The number of nitrogens with zero attached hydrogens (tertiary/aromatic N) is 2. The van der Waals surface area contributed by atoms with E-state index in [9.17, 15) is 0 Å². The first-order valence-corrected chi connectivity index (χ1v) is 7.39. The molecular formula is C18H14N2O3. The average molecular weight is 306 g/mol. The summed E-state index contributed by atoms with van der Waals surface area (Å²) in [7, 11) is 0. The molecule has 5 nitrogen and oxygen atoms in total. The first-order chi connectivity index (χ1) is 11.3. The molecule has 0 spiro atoms. The van der Waals surface area contributed by atoms with Crippen molar-refractivity contribution in [2.24, 2.45) is 0 Å². The van der Waals surface area contributed by atoms with Gasteiger partial charge in [-0.3, -0.25) is 0 Å². The van der Waals surface area contributed by atoms with Crippen LogP contribution in [0.3, 0.4) is 0 Å². The van der Waals surface area contributed by atoms with Crippen molar-refractivity contribution in [1.82, 2.24) is 9.97 Å². The van der Waals surface area contributed by atoms with Crippen LogP contribution in [0.15, 0.2) is 63.6 Å². The molecule has 0 aliphatic carbocycles. The minimum atomic E-state index is 0.422. The SMILES string of the molecule is CCOC=C(c1nc2ccccc2o1)c1nc2ccccc2o1. The molecule has 0 N–H and O–H groups in total. The molecule has 0 amide bonds. The zero-order chi connectivity index (χ0) is 15.6. The molecule has 2 aromatic carbocycles. The van der Waals surface area contributed by atoms with Gasteiger partial charge in [-0.15, -0.1) is 0 Å². The Morgan fingerprint density at radius 1 is 0.913 bits per heavy atom. The van der Waals surface area contributed by atoms with E-state index in [1.807, 2.05) is 55.5 Å². The maximum atomic E-state index is 5.82. The summed E-state index contributed by atoms with van der Waals surface area (Å²) < 4.78 is 17.1. The fraction of sp³-hybridized carbons (Fsp3) is 0.111. The Kier molecular flexibility index (Phi) is 3.31. The molecular weight excluding hydrogens is 292 g/mol. The minimum absolute atomic E-state index is 0.422. The van der Waals surface area contributed by atoms with Crippen LogP contribution in [0.1, 0.15) is 18.7 Å². The topological polar surface area (TPSA) is 61.3 Å². The fourth-order valence-electron chi connectivity index (χ4n) is 2.33. The zero-order valence-electron chi connectivity index (χ0n) is 12.5. The second kappa shape index (κ2) is 5.61. The Morgan fingerprint density at radius 2 is 1.43 bits per heavy atom. The number of ether oxygens (including phenoxy) is 1. The monoisotopic (exact) mass is 306 g/mol. The van der Waals surface area contributed by atoms with Crippen LogP contribution in [0.25, 0.3) is 27.8 Å². The third-order valence-electron chi connectivity index (χ3n) is 3.42. The van der Waals surface area contributed by atoms with Crippen LogP contribution < -0.4 is 0 Å². The molecule has 5 heteroatoms. The molecule has 0 radical (unpaired) electrons. The van der Waals surface area contributed by atoms with E-state index in [0.717, 1.165) is 11.0 Å². The van der Waals surface area contributed by atoms with Gasteiger partial charge in [-0.25, -0.2) is 9.97 Å². The van der Waals surface area contributed by atoms with Gasteiger partial charge in [0, 0.05) is 0 Å². The largest absolute Gasteiger partial charge is 0.500 e. The molecule has 0 saturated carbocycles. The van der Waals surface area contributed by atoms with Gasteiger partial charge in [0.25, 0.3) is 0 Å². The molecule has 0 unspecified atom stereocenters. The van der Waals surface area contributed by atoms with E-state index < -0.39 is 0 Å². The van der Waals surface area contributed by atoms with Gasteiger partial charge < -0.3 is 13.6 Å². The van der Waals surface area contributed by atoms with E-state index in [2.05, 4.69) is 9.97 Å². The molecule has 4 rings (SSSR count). The lowest BCUT2D eigenvalue weighted by Crippen LogP contribution is -1.91. The quantitative estimate of drug-likeness (QED) is 0.523. The molecule has 0 bridgehead atoms. The van der Waals surface area contributed by atoms with E-state index in [1.165, 1.54) is 0 Å². The molecule has 2 aromatic heterocycles. The van der Waals surface area contributed by atoms with Crippen LogP contribution in [0, 0.1) is 0 Å². The van der Waals surface area contributed by atoms with Crippen molar-refractivity contribution in [3.8, 4) is 0 Å². The lowest BCUT2D eigenvalue weighted by atomic mass is 10.3. The van der Waals surface area contributed by atoms with Crippen LogP contribution in [0.2, 0.25) is 0 Å². The van der Waals surface area contributed by atoms with Gasteiger partial charge in [0.1, 0.15) is 22.9 Å². The van der Waals surface area contributed by atoms with Crippen molar-refractivity contribution >= 4 is 27.8 Å². The van der Waals surface area contributed by atoms with Crippen molar-refractivity contribution in [3.05, 3.63) is 66.6 Å². The van der Waals surface area contributed by atoms with Crippen molar-refractivity contribution in [2.75, 3.05) is 6.61 Å². The standard InChI is InChI=1S/C18H14N2O3/c1-2-21-11-12(17-19-13-7-3-5-9-15(13)22-17)18-20-14-8-4-6-10-16(14)23-18/h3-11H,2H2,1H3. The maximum absolute atomic E-state index is 5.82. The van der Waals surface area contributed by atoms with Gasteiger partial charge in [-0.05, 0) is 31.2 Å². The van der Waals surface area contributed by atoms with Gasteiger partial charge in [0.15, 0.2) is 11.2 Å². The van der Waals surface area contributed by atoms with E-state index in [-0.39, 0.29) is 0 Å². The lowest BCUT2D eigenvalue weighted by Gasteiger charge is -1.99. The average Bonchev–Trinajstić information content (AvgIpc) is 3.19. The molecule has 0 saturated heterocycles. The van der Waals surface area contributed by atoms with E-state index in [0.29, 0.717) is 35.1 Å². The molecule has 114 valence electrons. The summed E-state index contributed by atoms with van der Waals surface area (Å²) in [5.41, 5.74) is 3.56. The third kappa shape index (κ3) is 2.46. The molecule has 0 aliphatic rings. The minimum Gasteiger partial charge on any atom is -0.500 e.